The molecule has 3 heteroatoms. The number of fused-ring (bicyclic) bond motifs is 5. The standard InChI is InChI=1S/C17H14O2S/c1-9-7-14(18)13-6-5-12-11-4-3-10(19-2)8-15(11)20-17(12)16(9)13/h3-6,8-9H,7H2,1-2H3. The fourth-order valence-corrected chi connectivity index (χ4v) is 4.58. The molecule has 0 saturated heterocycles. The molecule has 20 heavy (non-hydrogen) atoms. The van der Waals surface area contributed by atoms with E-state index >= 15 is 0 Å². The summed E-state index contributed by atoms with van der Waals surface area (Å²) >= 11 is 1.77. The Labute approximate surface area is 121 Å². The average molecular weight is 282 g/mol. The van der Waals surface area contributed by atoms with Gasteiger partial charge in [0.05, 0.1) is 7.11 Å². The monoisotopic (exact) mass is 282 g/mol. The quantitative estimate of drug-likeness (QED) is 0.643. The molecule has 0 saturated carbocycles. The van der Waals surface area contributed by atoms with E-state index in [0.29, 0.717) is 12.3 Å². The molecular weight excluding hydrogens is 268 g/mol. The molecule has 2 aromatic carbocycles. The summed E-state index contributed by atoms with van der Waals surface area (Å²) in [7, 11) is 1.69. The van der Waals surface area contributed by atoms with Crippen LogP contribution >= 0.6 is 11.3 Å². The molecule has 1 atom stereocenters. The number of thiophene rings is 1. The van der Waals surface area contributed by atoms with E-state index in [1.165, 1.54) is 25.7 Å². The second-order valence-electron chi connectivity index (χ2n) is 5.40. The molecule has 0 amide bonds. The number of benzene rings is 2. The zero-order valence-corrected chi connectivity index (χ0v) is 12.2. The fourth-order valence-electron chi connectivity index (χ4n) is 3.19. The van der Waals surface area contributed by atoms with E-state index < -0.39 is 0 Å². The summed E-state index contributed by atoms with van der Waals surface area (Å²) in [4.78, 5) is 12.0. The summed E-state index contributed by atoms with van der Waals surface area (Å²) in [6.07, 6.45) is 0.645. The van der Waals surface area contributed by atoms with Gasteiger partial charge in [-0.15, -0.1) is 11.3 Å². The minimum atomic E-state index is 0.282. The lowest BCUT2D eigenvalue weighted by molar-refractivity contribution is 0.0990. The first-order valence-corrected chi connectivity index (χ1v) is 7.57. The van der Waals surface area contributed by atoms with E-state index in [-0.39, 0.29) is 5.78 Å². The fraction of sp³-hybridized carbons (Fsp3) is 0.235. The van der Waals surface area contributed by atoms with E-state index in [1.807, 2.05) is 12.1 Å². The Morgan fingerprint density at radius 3 is 2.80 bits per heavy atom. The van der Waals surface area contributed by atoms with Crippen LogP contribution in [-0.4, -0.2) is 12.9 Å². The molecule has 1 aliphatic carbocycles. The van der Waals surface area contributed by atoms with Gasteiger partial charge >= 0.3 is 0 Å². The number of methoxy groups -OCH3 is 1. The van der Waals surface area contributed by atoms with Crippen molar-refractivity contribution in [2.45, 2.75) is 19.3 Å². The van der Waals surface area contributed by atoms with Crippen LogP contribution in [-0.2, 0) is 0 Å². The van der Waals surface area contributed by atoms with E-state index in [4.69, 9.17) is 4.74 Å². The molecule has 0 spiro atoms. The topological polar surface area (TPSA) is 26.3 Å². The molecule has 0 N–H and O–H groups in total. The largest absolute Gasteiger partial charge is 0.497 e. The van der Waals surface area contributed by atoms with Gasteiger partial charge in [-0.05, 0) is 29.7 Å². The maximum absolute atomic E-state index is 12.0. The van der Waals surface area contributed by atoms with Gasteiger partial charge in [0, 0.05) is 32.2 Å². The lowest BCUT2D eigenvalue weighted by atomic mass is 10.0. The van der Waals surface area contributed by atoms with Crippen LogP contribution in [0.15, 0.2) is 30.3 Å². The predicted molar refractivity (Wildman–Crippen MR) is 83.2 cm³/mol. The van der Waals surface area contributed by atoms with Crippen molar-refractivity contribution >= 4 is 37.3 Å². The Balaban J connectivity index is 2.12. The van der Waals surface area contributed by atoms with Gasteiger partial charge in [0.15, 0.2) is 5.78 Å². The van der Waals surface area contributed by atoms with Crippen molar-refractivity contribution in [1.82, 2.24) is 0 Å². The Bertz CT molecular complexity index is 860. The van der Waals surface area contributed by atoms with Gasteiger partial charge in [0.1, 0.15) is 5.75 Å². The van der Waals surface area contributed by atoms with Crippen molar-refractivity contribution < 1.29 is 9.53 Å². The first kappa shape index (κ1) is 11.9. The van der Waals surface area contributed by atoms with Gasteiger partial charge in [-0.25, -0.2) is 0 Å². The molecule has 1 aromatic heterocycles. The number of rotatable bonds is 1. The van der Waals surface area contributed by atoms with Crippen LogP contribution in [0.5, 0.6) is 5.75 Å². The molecule has 0 radical (unpaired) electrons. The summed E-state index contributed by atoms with van der Waals surface area (Å²) in [5.41, 5.74) is 2.16. The molecule has 4 rings (SSSR count). The Kier molecular flexibility index (Phi) is 2.42. The maximum Gasteiger partial charge on any atom is 0.163 e. The van der Waals surface area contributed by atoms with Crippen LogP contribution in [0.4, 0.5) is 0 Å². The van der Waals surface area contributed by atoms with Gasteiger partial charge in [-0.3, -0.25) is 4.79 Å². The number of carbonyl (C=O) groups excluding carboxylic acids is 1. The molecular formula is C17H14O2S. The first-order valence-electron chi connectivity index (χ1n) is 6.75. The van der Waals surface area contributed by atoms with Crippen LogP contribution in [0.3, 0.4) is 0 Å². The Morgan fingerprint density at radius 2 is 2.00 bits per heavy atom. The second kappa shape index (κ2) is 4.06. The molecule has 1 heterocycles. The van der Waals surface area contributed by atoms with Crippen molar-refractivity contribution in [3.05, 3.63) is 41.5 Å². The van der Waals surface area contributed by atoms with Crippen molar-refractivity contribution in [2.75, 3.05) is 7.11 Å². The summed E-state index contributed by atoms with van der Waals surface area (Å²) in [6, 6.07) is 10.3. The molecule has 100 valence electrons. The number of hydrogen-bond donors (Lipinski definition) is 0. The van der Waals surface area contributed by atoms with Crippen molar-refractivity contribution in [3.8, 4) is 5.75 Å². The van der Waals surface area contributed by atoms with Gasteiger partial charge in [0.25, 0.3) is 0 Å². The smallest absolute Gasteiger partial charge is 0.163 e. The minimum absolute atomic E-state index is 0.282. The van der Waals surface area contributed by atoms with E-state index in [0.717, 1.165) is 11.3 Å². The van der Waals surface area contributed by atoms with Crippen molar-refractivity contribution in [3.63, 3.8) is 0 Å². The highest BCUT2D eigenvalue weighted by molar-refractivity contribution is 7.26. The SMILES string of the molecule is COc1ccc2c(c1)sc1c3c(ccc12)C(=O)CC3C. The second-order valence-corrected chi connectivity index (χ2v) is 6.45. The van der Waals surface area contributed by atoms with Gasteiger partial charge in [-0.1, -0.05) is 19.1 Å². The van der Waals surface area contributed by atoms with Gasteiger partial charge in [-0.2, -0.15) is 0 Å². The summed E-state index contributed by atoms with van der Waals surface area (Å²) in [5.74, 6) is 1.49. The van der Waals surface area contributed by atoms with Gasteiger partial charge < -0.3 is 4.74 Å². The molecule has 0 fully saturated rings. The van der Waals surface area contributed by atoms with Crippen LogP contribution < -0.4 is 4.74 Å². The third-order valence-corrected chi connectivity index (χ3v) is 5.37. The minimum Gasteiger partial charge on any atom is -0.497 e. The van der Waals surface area contributed by atoms with Crippen LogP contribution in [0.25, 0.3) is 20.2 Å². The van der Waals surface area contributed by atoms with Crippen LogP contribution in [0, 0.1) is 0 Å². The summed E-state index contributed by atoms with van der Waals surface area (Å²) in [6.45, 7) is 2.15. The zero-order chi connectivity index (χ0) is 13.9. The van der Waals surface area contributed by atoms with E-state index in [9.17, 15) is 4.79 Å². The molecule has 3 aromatic rings. The van der Waals surface area contributed by atoms with Crippen LogP contribution in [0.2, 0.25) is 0 Å². The highest BCUT2D eigenvalue weighted by Gasteiger charge is 2.29. The molecule has 2 nitrogen and oxygen atoms in total. The highest BCUT2D eigenvalue weighted by atomic mass is 32.1. The molecule has 1 aliphatic rings. The summed E-state index contributed by atoms with van der Waals surface area (Å²) < 4.78 is 7.79. The van der Waals surface area contributed by atoms with Gasteiger partial charge in [0.2, 0.25) is 0 Å². The lowest BCUT2D eigenvalue weighted by Crippen LogP contribution is -1.89. The van der Waals surface area contributed by atoms with E-state index in [2.05, 4.69) is 25.1 Å². The number of hydrogen-bond acceptors (Lipinski definition) is 3. The normalized spacial score (nSPS) is 17.9. The number of Topliss-reactive ketones (excluding diaryl/α,β-unsaturated/α-hetero) is 1. The lowest BCUT2D eigenvalue weighted by Gasteiger charge is -2.04. The Hall–Kier alpha value is -1.87. The van der Waals surface area contributed by atoms with E-state index in [1.54, 1.807) is 18.4 Å². The molecule has 0 bridgehead atoms. The number of ketones is 1. The summed E-state index contributed by atoms with van der Waals surface area (Å²) in [5, 5.41) is 2.51. The van der Waals surface area contributed by atoms with Crippen molar-refractivity contribution in [2.24, 2.45) is 0 Å². The number of ether oxygens (including phenoxy) is 1. The van der Waals surface area contributed by atoms with Crippen LogP contribution in [0.1, 0.15) is 35.2 Å². The predicted octanol–water partition coefficient (Wildman–Crippen LogP) is 4.75. The molecule has 1 unspecified atom stereocenters. The first-order chi connectivity index (χ1) is 9.69. The maximum atomic E-state index is 12.0. The number of carbonyl (C=O) groups is 1. The third kappa shape index (κ3) is 1.47. The molecule has 0 aliphatic heterocycles. The average Bonchev–Trinajstić information content (AvgIpc) is 2.95. The zero-order valence-electron chi connectivity index (χ0n) is 11.4. The Morgan fingerprint density at radius 1 is 1.20 bits per heavy atom. The highest BCUT2D eigenvalue weighted by Crippen LogP contribution is 2.44. The third-order valence-electron chi connectivity index (χ3n) is 4.17. The van der Waals surface area contributed by atoms with Crippen molar-refractivity contribution in [1.29, 1.82) is 0 Å².